The van der Waals surface area contributed by atoms with Gasteiger partial charge in [-0.1, -0.05) is 50.5 Å². The minimum absolute atomic E-state index is 0. The van der Waals surface area contributed by atoms with Gasteiger partial charge in [-0.05, 0) is 144 Å². The fraction of sp³-hybridized carbons (Fsp3) is 0.889. The van der Waals surface area contributed by atoms with Gasteiger partial charge in [-0.15, -0.1) is 0 Å². The summed E-state index contributed by atoms with van der Waals surface area (Å²) in [5.74, 6) is -1.08. The Labute approximate surface area is 348 Å². The van der Waals surface area contributed by atoms with Gasteiger partial charge in [-0.25, -0.2) is 0 Å². The smallest absolute Gasteiger partial charge is 0.311 e. The lowest BCUT2D eigenvalue weighted by atomic mass is 9.97. The SMILES string of the molecule is C.C.C.C.CC(C)(C)OC(=O)C(C)(C)C.CC(C)(C)OC(C)(C)C.CCCC(=O)OC.CCCC(=O)OC(C)(C)C.CCCOC(=O)CCC(=O)OC(C)(C)C. The second-order valence-electron chi connectivity index (χ2n) is 18.0. The molecule has 0 amide bonds. The van der Waals surface area contributed by atoms with E-state index in [1.807, 2.05) is 83.1 Å². The van der Waals surface area contributed by atoms with Gasteiger partial charge in [0.1, 0.15) is 16.8 Å². The van der Waals surface area contributed by atoms with Crippen molar-refractivity contribution in [2.75, 3.05) is 13.7 Å². The van der Waals surface area contributed by atoms with Crippen LogP contribution in [0.3, 0.4) is 0 Å². The van der Waals surface area contributed by atoms with Crippen molar-refractivity contribution in [3.8, 4) is 0 Å². The van der Waals surface area contributed by atoms with E-state index in [0.717, 1.165) is 19.3 Å². The first kappa shape index (κ1) is 74.3. The molecule has 0 spiro atoms. The second kappa shape index (κ2) is 35.5. The Morgan fingerprint density at radius 1 is 0.393 bits per heavy atom. The van der Waals surface area contributed by atoms with Crippen molar-refractivity contribution < 1.29 is 52.4 Å². The summed E-state index contributed by atoms with van der Waals surface area (Å²) in [4.78, 5) is 54.5. The maximum atomic E-state index is 11.3. The van der Waals surface area contributed by atoms with E-state index in [1.54, 1.807) is 20.8 Å². The molecule has 0 heterocycles. The Balaban J connectivity index is -0.0000000706. The van der Waals surface area contributed by atoms with Crippen molar-refractivity contribution in [2.45, 2.75) is 248 Å². The van der Waals surface area contributed by atoms with E-state index in [-0.39, 0.29) is 94.8 Å². The molecule has 0 saturated heterocycles. The van der Waals surface area contributed by atoms with E-state index in [4.69, 9.17) is 23.7 Å². The van der Waals surface area contributed by atoms with Crippen molar-refractivity contribution in [1.82, 2.24) is 0 Å². The lowest BCUT2D eigenvalue weighted by Gasteiger charge is -2.30. The van der Waals surface area contributed by atoms with Gasteiger partial charge < -0.3 is 28.4 Å². The average molecular weight is 815 g/mol. The van der Waals surface area contributed by atoms with Crippen LogP contribution in [-0.4, -0.2) is 71.6 Å². The van der Waals surface area contributed by atoms with Gasteiger partial charge in [0.25, 0.3) is 0 Å². The van der Waals surface area contributed by atoms with Crippen LogP contribution in [0.15, 0.2) is 0 Å². The van der Waals surface area contributed by atoms with Crippen LogP contribution in [0, 0.1) is 5.41 Å². The van der Waals surface area contributed by atoms with E-state index >= 15 is 0 Å². The molecule has 0 aliphatic heterocycles. The predicted octanol–water partition coefficient (Wildman–Crippen LogP) is 12.7. The number of carbonyl (C=O) groups is 5. The highest BCUT2D eigenvalue weighted by molar-refractivity contribution is 5.78. The minimum Gasteiger partial charge on any atom is -0.469 e. The number of carbonyl (C=O) groups excluding carboxylic acids is 5. The van der Waals surface area contributed by atoms with Gasteiger partial charge in [0, 0.05) is 12.8 Å². The number of ether oxygens (including phenoxy) is 6. The van der Waals surface area contributed by atoms with Crippen molar-refractivity contribution in [1.29, 1.82) is 0 Å². The first-order valence-corrected chi connectivity index (χ1v) is 18.5. The summed E-state index contributed by atoms with van der Waals surface area (Å²) in [6.45, 7) is 40.8. The molecular weight excluding hydrogens is 716 g/mol. The van der Waals surface area contributed by atoms with Crippen LogP contribution in [-0.2, 0) is 52.4 Å². The van der Waals surface area contributed by atoms with Gasteiger partial charge in [-0.2, -0.15) is 0 Å². The largest absolute Gasteiger partial charge is 0.469 e. The Morgan fingerprint density at radius 3 is 0.893 bits per heavy atom. The van der Waals surface area contributed by atoms with Gasteiger partial charge >= 0.3 is 29.8 Å². The van der Waals surface area contributed by atoms with Crippen molar-refractivity contribution >= 4 is 29.8 Å². The lowest BCUT2D eigenvalue weighted by Crippen LogP contribution is -2.31. The molecule has 0 aromatic carbocycles. The van der Waals surface area contributed by atoms with Crippen LogP contribution < -0.4 is 0 Å². The normalized spacial score (nSPS) is 10.8. The van der Waals surface area contributed by atoms with E-state index in [1.165, 1.54) is 7.11 Å². The molecule has 0 radical (unpaired) electrons. The number of hydrogen-bond acceptors (Lipinski definition) is 11. The van der Waals surface area contributed by atoms with Crippen molar-refractivity contribution in [2.24, 2.45) is 5.41 Å². The molecule has 0 aliphatic rings. The second-order valence-corrected chi connectivity index (χ2v) is 18.0. The Bertz CT molecular complexity index is 962. The highest BCUT2D eigenvalue weighted by Gasteiger charge is 2.27. The summed E-state index contributed by atoms with van der Waals surface area (Å²) in [5.41, 5.74) is -1.62. The summed E-state index contributed by atoms with van der Waals surface area (Å²) in [6, 6.07) is 0. The third kappa shape index (κ3) is 76.1. The molecule has 11 nitrogen and oxygen atoms in total. The third-order valence-corrected chi connectivity index (χ3v) is 4.60. The van der Waals surface area contributed by atoms with Gasteiger partial charge in [0.2, 0.25) is 0 Å². The number of methoxy groups -OCH3 is 1. The maximum absolute atomic E-state index is 11.3. The average Bonchev–Trinajstić information content (AvgIpc) is 2.87. The lowest BCUT2D eigenvalue weighted by molar-refractivity contribution is -0.164. The Hall–Kier alpha value is -2.69. The molecule has 344 valence electrons. The van der Waals surface area contributed by atoms with Crippen molar-refractivity contribution in [3.05, 3.63) is 0 Å². The minimum atomic E-state index is -0.496. The van der Waals surface area contributed by atoms with Crippen molar-refractivity contribution in [3.63, 3.8) is 0 Å². The van der Waals surface area contributed by atoms with Crippen LogP contribution >= 0.6 is 0 Å². The standard InChI is InChI=1S/C11H20O4.C9H18O2.C8H16O2.C8H18O.C5H10O2.4CH4/c1-5-8-14-9(12)6-7-10(13)15-11(2,3)4;1-8(2,3)7(10)11-9(4,5)6;1-5-6-7(9)10-8(2,3)4;1-7(2,3)9-8(4,5)6;1-3-4-5(6)7-2;;;;/h5-8H2,1-4H3;1-6H3;5-6H2,1-4H3;1-6H3;3-4H2,1-2H3;4*1H4. The summed E-state index contributed by atoms with van der Waals surface area (Å²) < 4.78 is 30.0. The zero-order valence-electron chi connectivity index (χ0n) is 37.6. The molecule has 11 heteroatoms. The zero-order valence-corrected chi connectivity index (χ0v) is 37.6. The summed E-state index contributed by atoms with van der Waals surface area (Å²) in [7, 11) is 1.40. The molecule has 0 aliphatic carbocycles. The molecule has 0 aromatic rings. The Kier molecular flexibility index (Phi) is 47.1. The molecule has 0 unspecified atom stereocenters. The molecule has 0 saturated carbocycles. The van der Waals surface area contributed by atoms with E-state index < -0.39 is 11.0 Å². The fourth-order valence-corrected chi connectivity index (χ4v) is 3.14. The highest BCUT2D eigenvalue weighted by atomic mass is 16.6. The summed E-state index contributed by atoms with van der Waals surface area (Å²) in [6.07, 6.45) is 3.75. The Morgan fingerprint density at radius 2 is 0.696 bits per heavy atom. The van der Waals surface area contributed by atoms with Crippen LogP contribution in [0.4, 0.5) is 0 Å². The topological polar surface area (TPSA) is 141 Å². The van der Waals surface area contributed by atoms with E-state index in [9.17, 15) is 24.0 Å². The van der Waals surface area contributed by atoms with E-state index in [0.29, 0.717) is 19.4 Å². The fourth-order valence-electron chi connectivity index (χ4n) is 3.14. The van der Waals surface area contributed by atoms with Gasteiger partial charge in [0.05, 0.1) is 43.2 Å². The van der Waals surface area contributed by atoms with Crippen LogP contribution in [0.1, 0.15) is 220 Å². The molecule has 0 aromatic heterocycles. The molecular formula is C45H98O11. The van der Waals surface area contributed by atoms with Crippen LogP contribution in [0.25, 0.3) is 0 Å². The van der Waals surface area contributed by atoms with Crippen LogP contribution in [0.5, 0.6) is 0 Å². The van der Waals surface area contributed by atoms with Gasteiger partial charge in [-0.3, -0.25) is 24.0 Å². The number of esters is 5. The monoisotopic (exact) mass is 815 g/mol. The maximum Gasteiger partial charge on any atom is 0.311 e. The zero-order chi connectivity index (χ0) is 42.8. The number of hydrogen-bond donors (Lipinski definition) is 0. The number of rotatable bonds is 9. The molecule has 0 rings (SSSR count). The van der Waals surface area contributed by atoms with E-state index in [2.05, 4.69) is 46.3 Å². The van der Waals surface area contributed by atoms with Gasteiger partial charge in [0.15, 0.2) is 0 Å². The molecule has 0 N–H and O–H groups in total. The van der Waals surface area contributed by atoms with Crippen LogP contribution in [0.2, 0.25) is 0 Å². The summed E-state index contributed by atoms with van der Waals surface area (Å²) >= 11 is 0. The first-order valence-electron chi connectivity index (χ1n) is 18.5. The highest BCUT2D eigenvalue weighted by Crippen LogP contribution is 2.20. The molecule has 0 fully saturated rings. The summed E-state index contributed by atoms with van der Waals surface area (Å²) in [5, 5.41) is 0. The molecule has 0 atom stereocenters. The molecule has 0 bridgehead atoms. The quantitative estimate of drug-likeness (QED) is 0.162. The predicted molar refractivity (Wildman–Crippen MR) is 237 cm³/mol. The third-order valence-electron chi connectivity index (χ3n) is 4.60. The first-order chi connectivity index (χ1) is 22.9. The molecule has 56 heavy (non-hydrogen) atoms.